The Balaban J connectivity index is 2.01. The van der Waals surface area contributed by atoms with Crippen molar-refractivity contribution in [3.63, 3.8) is 0 Å². The summed E-state index contributed by atoms with van der Waals surface area (Å²) in [5, 5.41) is 0. The lowest BCUT2D eigenvalue weighted by Gasteiger charge is -2.32. The number of methoxy groups -OCH3 is 2. The summed E-state index contributed by atoms with van der Waals surface area (Å²) in [6.07, 6.45) is 3.72. The molecule has 0 aromatic heterocycles. The van der Waals surface area contributed by atoms with E-state index in [1.54, 1.807) is 14.2 Å². The van der Waals surface area contributed by atoms with E-state index in [4.69, 9.17) is 15.2 Å². The first-order valence-corrected chi connectivity index (χ1v) is 7.39. The fourth-order valence-corrected chi connectivity index (χ4v) is 2.98. The number of ether oxygens (including phenoxy) is 2. The van der Waals surface area contributed by atoms with Gasteiger partial charge in [0, 0.05) is 19.2 Å². The van der Waals surface area contributed by atoms with Crippen LogP contribution in [0, 0.1) is 5.92 Å². The van der Waals surface area contributed by atoms with Gasteiger partial charge in [0.2, 0.25) is 0 Å². The van der Waals surface area contributed by atoms with Gasteiger partial charge in [-0.15, -0.1) is 0 Å². The third kappa shape index (κ3) is 4.12. The van der Waals surface area contributed by atoms with Gasteiger partial charge in [-0.2, -0.15) is 0 Å². The molecule has 2 rings (SSSR count). The Hall–Kier alpha value is -1.26. The van der Waals surface area contributed by atoms with E-state index < -0.39 is 0 Å². The van der Waals surface area contributed by atoms with Crippen molar-refractivity contribution in [3.05, 3.63) is 23.8 Å². The Morgan fingerprint density at radius 3 is 2.50 bits per heavy atom. The molecule has 1 atom stereocenters. The fraction of sp³-hybridized carbons (Fsp3) is 0.625. The van der Waals surface area contributed by atoms with E-state index in [1.165, 1.54) is 24.9 Å². The molecule has 1 aromatic rings. The molecule has 0 aliphatic carbocycles. The molecule has 0 spiro atoms. The fourth-order valence-electron chi connectivity index (χ4n) is 2.98. The minimum absolute atomic E-state index is 0.751. The minimum Gasteiger partial charge on any atom is -0.497 e. The van der Waals surface area contributed by atoms with Gasteiger partial charge in [0.15, 0.2) is 0 Å². The van der Waals surface area contributed by atoms with Crippen LogP contribution in [0.15, 0.2) is 18.2 Å². The van der Waals surface area contributed by atoms with Crippen LogP contribution in [-0.2, 0) is 6.54 Å². The summed E-state index contributed by atoms with van der Waals surface area (Å²) in [7, 11) is 3.38. The van der Waals surface area contributed by atoms with Crippen LogP contribution in [0.4, 0.5) is 0 Å². The number of rotatable bonds is 6. The van der Waals surface area contributed by atoms with E-state index in [-0.39, 0.29) is 0 Å². The van der Waals surface area contributed by atoms with Crippen molar-refractivity contribution < 1.29 is 9.47 Å². The minimum atomic E-state index is 0.751. The Morgan fingerprint density at radius 2 is 1.90 bits per heavy atom. The number of piperidine rings is 1. The largest absolute Gasteiger partial charge is 0.497 e. The molecule has 0 bridgehead atoms. The van der Waals surface area contributed by atoms with Gasteiger partial charge in [0.05, 0.1) is 14.2 Å². The normalized spacial score (nSPS) is 19.9. The number of likely N-dealkylation sites (tertiary alicyclic amines) is 1. The van der Waals surface area contributed by atoms with Crippen molar-refractivity contribution in [1.82, 2.24) is 4.90 Å². The molecule has 1 unspecified atom stereocenters. The molecule has 2 N–H and O–H groups in total. The van der Waals surface area contributed by atoms with Gasteiger partial charge >= 0.3 is 0 Å². The third-order valence-electron chi connectivity index (χ3n) is 4.00. The molecule has 20 heavy (non-hydrogen) atoms. The monoisotopic (exact) mass is 278 g/mol. The number of nitrogens with zero attached hydrogens (tertiary/aromatic N) is 1. The standard InChI is InChI=1S/C16H26N2O2/c1-19-15-8-14(9-16(10-15)20-2)12-18-7-3-4-13(11-18)5-6-17/h8-10,13H,3-7,11-12,17H2,1-2H3. The summed E-state index contributed by atoms with van der Waals surface area (Å²) in [5.74, 6) is 2.46. The van der Waals surface area contributed by atoms with Gasteiger partial charge in [0.1, 0.15) is 11.5 Å². The predicted molar refractivity (Wildman–Crippen MR) is 81.2 cm³/mol. The van der Waals surface area contributed by atoms with Crippen LogP contribution in [0.25, 0.3) is 0 Å². The number of hydrogen-bond acceptors (Lipinski definition) is 4. The van der Waals surface area contributed by atoms with Crippen LogP contribution in [-0.4, -0.2) is 38.8 Å². The van der Waals surface area contributed by atoms with E-state index in [9.17, 15) is 0 Å². The SMILES string of the molecule is COc1cc(CN2CCCC(CCN)C2)cc(OC)c1. The summed E-state index contributed by atoms with van der Waals surface area (Å²) in [4.78, 5) is 2.51. The summed E-state index contributed by atoms with van der Waals surface area (Å²) >= 11 is 0. The summed E-state index contributed by atoms with van der Waals surface area (Å²) in [5.41, 5.74) is 6.93. The van der Waals surface area contributed by atoms with Crippen LogP contribution in [0.2, 0.25) is 0 Å². The van der Waals surface area contributed by atoms with E-state index in [2.05, 4.69) is 17.0 Å². The van der Waals surface area contributed by atoms with Crippen LogP contribution in [0.1, 0.15) is 24.8 Å². The zero-order chi connectivity index (χ0) is 14.4. The van der Waals surface area contributed by atoms with Gasteiger partial charge in [-0.1, -0.05) is 0 Å². The first-order valence-electron chi connectivity index (χ1n) is 7.39. The molecule has 0 amide bonds. The Kier molecular flexibility index (Phi) is 5.68. The van der Waals surface area contributed by atoms with Crippen molar-refractivity contribution in [2.24, 2.45) is 11.7 Å². The molecular weight excluding hydrogens is 252 g/mol. The lowest BCUT2D eigenvalue weighted by Crippen LogP contribution is -2.35. The van der Waals surface area contributed by atoms with Crippen LogP contribution < -0.4 is 15.2 Å². The zero-order valence-electron chi connectivity index (χ0n) is 12.6. The highest BCUT2D eigenvalue weighted by atomic mass is 16.5. The molecule has 4 nitrogen and oxygen atoms in total. The van der Waals surface area contributed by atoms with Gasteiger partial charge in [-0.05, 0) is 56.0 Å². The highest BCUT2D eigenvalue weighted by molar-refractivity contribution is 5.38. The van der Waals surface area contributed by atoms with Gasteiger partial charge in [0.25, 0.3) is 0 Å². The molecule has 1 heterocycles. The molecule has 1 aliphatic rings. The average molecular weight is 278 g/mol. The van der Waals surface area contributed by atoms with Crippen molar-refractivity contribution in [2.75, 3.05) is 33.9 Å². The molecule has 1 aromatic carbocycles. The quantitative estimate of drug-likeness (QED) is 0.867. The topological polar surface area (TPSA) is 47.7 Å². The van der Waals surface area contributed by atoms with Crippen LogP contribution in [0.3, 0.4) is 0 Å². The zero-order valence-corrected chi connectivity index (χ0v) is 12.6. The molecule has 1 aliphatic heterocycles. The molecule has 0 radical (unpaired) electrons. The maximum absolute atomic E-state index is 5.68. The van der Waals surface area contributed by atoms with E-state index in [0.29, 0.717) is 0 Å². The highest BCUT2D eigenvalue weighted by Crippen LogP contribution is 2.25. The number of hydrogen-bond donors (Lipinski definition) is 1. The third-order valence-corrected chi connectivity index (χ3v) is 4.00. The van der Waals surface area contributed by atoms with Gasteiger partial charge in [-0.25, -0.2) is 0 Å². The Bertz CT molecular complexity index is 399. The van der Waals surface area contributed by atoms with Crippen LogP contribution in [0.5, 0.6) is 11.5 Å². The average Bonchev–Trinajstić information content (AvgIpc) is 2.47. The van der Waals surface area contributed by atoms with Crippen molar-refractivity contribution >= 4 is 0 Å². The van der Waals surface area contributed by atoms with Crippen molar-refractivity contribution in [1.29, 1.82) is 0 Å². The maximum atomic E-state index is 5.68. The number of nitrogens with two attached hydrogens (primary N) is 1. The van der Waals surface area contributed by atoms with Crippen LogP contribution >= 0.6 is 0 Å². The second-order valence-corrected chi connectivity index (χ2v) is 5.54. The Labute approximate surface area is 121 Å². The van der Waals surface area contributed by atoms with Crippen molar-refractivity contribution in [3.8, 4) is 11.5 Å². The predicted octanol–water partition coefficient (Wildman–Crippen LogP) is 2.26. The second-order valence-electron chi connectivity index (χ2n) is 5.54. The highest BCUT2D eigenvalue weighted by Gasteiger charge is 2.19. The summed E-state index contributed by atoms with van der Waals surface area (Å²) < 4.78 is 10.7. The van der Waals surface area contributed by atoms with E-state index in [1.807, 2.05) is 6.07 Å². The molecule has 1 saturated heterocycles. The molecule has 112 valence electrons. The van der Waals surface area contributed by atoms with Gasteiger partial charge < -0.3 is 15.2 Å². The molecule has 0 saturated carbocycles. The first kappa shape index (κ1) is 15.1. The van der Waals surface area contributed by atoms with Crippen molar-refractivity contribution in [2.45, 2.75) is 25.8 Å². The lowest BCUT2D eigenvalue weighted by atomic mass is 9.94. The Morgan fingerprint density at radius 1 is 1.20 bits per heavy atom. The molecular formula is C16H26N2O2. The summed E-state index contributed by atoms with van der Waals surface area (Å²) in [6.45, 7) is 4.07. The molecule has 4 heteroatoms. The summed E-state index contributed by atoms with van der Waals surface area (Å²) in [6, 6.07) is 6.10. The maximum Gasteiger partial charge on any atom is 0.122 e. The molecule has 1 fully saturated rings. The second kappa shape index (κ2) is 7.50. The number of benzene rings is 1. The smallest absolute Gasteiger partial charge is 0.122 e. The van der Waals surface area contributed by atoms with E-state index in [0.717, 1.165) is 43.5 Å². The van der Waals surface area contributed by atoms with E-state index >= 15 is 0 Å². The first-order chi connectivity index (χ1) is 9.75. The van der Waals surface area contributed by atoms with Gasteiger partial charge in [-0.3, -0.25) is 4.90 Å². The lowest BCUT2D eigenvalue weighted by molar-refractivity contribution is 0.163.